The molecule has 0 bridgehead atoms. The number of nitrogens with one attached hydrogen (secondary N) is 1. The number of hydrogen-bond acceptors (Lipinski definition) is 5. The van der Waals surface area contributed by atoms with Crippen molar-refractivity contribution < 1.29 is 14.3 Å². The molecule has 2 aromatic rings. The highest BCUT2D eigenvalue weighted by Gasteiger charge is 2.18. The average molecular weight is 361 g/mol. The monoisotopic (exact) mass is 361 g/mol. The van der Waals surface area contributed by atoms with Crippen molar-refractivity contribution in [2.24, 2.45) is 0 Å². The van der Waals surface area contributed by atoms with Crippen molar-refractivity contribution in [2.45, 2.75) is 26.7 Å². The van der Waals surface area contributed by atoms with E-state index < -0.39 is 0 Å². The molecule has 1 N–H and O–H groups in total. The van der Waals surface area contributed by atoms with Crippen LogP contribution in [0.15, 0.2) is 18.2 Å². The number of methoxy groups -OCH3 is 1. The van der Waals surface area contributed by atoms with Crippen molar-refractivity contribution in [3.05, 3.63) is 39.3 Å². The Labute approximate surface area is 151 Å². The molecule has 0 aliphatic carbocycles. The average Bonchev–Trinajstić information content (AvgIpc) is 2.95. The second-order valence-electron chi connectivity index (χ2n) is 5.84. The summed E-state index contributed by atoms with van der Waals surface area (Å²) in [7, 11) is 4.89. The lowest BCUT2D eigenvalue weighted by Crippen LogP contribution is -2.22. The molecule has 0 saturated carbocycles. The smallest absolute Gasteiger partial charge is 0.267 e. The predicted molar refractivity (Wildman–Crippen MR) is 99.8 cm³/mol. The molecule has 0 aliphatic heterocycles. The van der Waals surface area contributed by atoms with Crippen LogP contribution in [-0.2, 0) is 6.42 Å². The van der Waals surface area contributed by atoms with E-state index in [2.05, 4.69) is 17.2 Å². The molecular weight excluding hydrogens is 338 g/mol. The van der Waals surface area contributed by atoms with Crippen LogP contribution in [0.2, 0.25) is 0 Å². The Hall–Kier alpha value is -2.41. The van der Waals surface area contributed by atoms with Gasteiger partial charge in [0, 0.05) is 19.7 Å². The van der Waals surface area contributed by atoms with E-state index in [0.29, 0.717) is 27.6 Å². The van der Waals surface area contributed by atoms with Crippen LogP contribution in [0.5, 0.6) is 5.75 Å². The Balaban J connectivity index is 2.30. The number of hydrogen-bond donors (Lipinski definition) is 1. The van der Waals surface area contributed by atoms with E-state index in [-0.39, 0.29) is 11.8 Å². The number of benzene rings is 1. The number of thiazole rings is 1. The summed E-state index contributed by atoms with van der Waals surface area (Å²) in [5.41, 5.74) is 1.66. The number of carbonyl (C=O) groups is 2. The number of anilines is 1. The fourth-order valence-corrected chi connectivity index (χ4v) is 3.42. The Morgan fingerprint density at radius 2 is 2.04 bits per heavy atom. The first-order chi connectivity index (χ1) is 11.9. The molecule has 6 nitrogen and oxygen atoms in total. The van der Waals surface area contributed by atoms with Crippen molar-refractivity contribution in [3.8, 4) is 5.75 Å². The van der Waals surface area contributed by atoms with Gasteiger partial charge in [-0.05, 0) is 38.0 Å². The molecule has 0 unspecified atom stereocenters. The third-order valence-electron chi connectivity index (χ3n) is 3.61. The summed E-state index contributed by atoms with van der Waals surface area (Å²) in [5.74, 6) is 0.113. The zero-order chi connectivity index (χ0) is 18.6. The number of rotatable bonds is 6. The molecular formula is C18H23N3O3S. The van der Waals surface area contributed by atoms with Crippen LogP contribution in [-0.4, -0.2) is 42.9 Å². The maximum Gasteiger partial charge on any atom is 0.267 e. The van der Waals surface area contributed by atoms with Crippen molar-refractivity contribution in [1.82, 2.24) is 9.88 Å². The van der Waals surface area contributed by atoms with Gasteiger partial charge in [0.05, 0.1) is 23.5 Å². The molecule has 1 aromatic heterocycles. The van der Waals surface area contributed by atoms with Gasteiger partial charge in [-0.3, -0.25) is 9.59 Å². The van der Waals surface area contributed by atoms with E-state index in [4.69, 9.17) is 4.74 Å². The number of amides is 2. The predicted octanol–water partition coefficient (Wildman–Crippen LogP) is 3.37. The molecule has 0 atom stereocenters. The maximum atomic E-state index is 12.6. The lowest BCUT2D eigenvalue weighted by molar-refractivity contribution is 0.0827. The first kappa shape index (κ1) is 18.9. The molecule has 0 fully saturated rings. The highest BCUT2D eigenvalue weighted by Crippen LogP contribution is 2.28. The van der Waals surface area contributed by atoms with Crippen LogP contribution >= 0.6 is 11.3 Å². The molecule has 7 heteroatoms. The summed E-state index contributed by atoms with van der Waals surface area (Å²) in [6.07, 6.45) is 1.84. The largest absolute Gasteiger partial charge is 0.495 e. The standard InChI is InChI=1S/C18H23N3O3S/c1-6-7-15-19-11(2)16(25-15)17(22)20-13-10-12(18(23)21(3)4)8-9-14(13)24-5/h8-10H,6-7H2,1-5H3,(H,20,22). The fourth-order valence-electron chi connectivity index (χ4n) is 2.36. The van der Waals surface area contributed by atoms with Crippen LogP contribution in [0.25, 0.3) is 0 Å². The highest BCUT2D eigenvalue weighted by molar-refractivity contribution is 7.13. The third kappa shape index (κ3) is 4.36. The fraction of sp³-hybridized carbons (Fsp3) is 0.389. The van der Waals surface area contributed by atoms with E-state index in [0.717, 1.165) is 17.8 Å². The van der Waals surface area contributed by atoms with Gasteiger partial charge in [-0.2, -0.15) is 0 Å². The van der Waals surface area contributed by atoms with Crippen molar-refractivity contribution in [2.75, 3.05) is 26.5 Å². The second kappa shape index (κ2) is 8.11. The van der Waals surface area contributed by atoms with E-state index in [1.165, 1.54) is 23.3 Å². The minimum Gasteiger partial charge on any atom is -0.495 e. The Bertz CT molecular complexity index is 784. The zero-order valence-corrected chi connectivity index (χ0v) is 16.0. The highest BCUT2D eigenvalue weighted by atomic mass is 32.1. The van der Waals surface area contributed by atoms with Crippen molar-refractivity contribution >= 4 is 28.8 Å². The first-order valence-corrected chi connectivity index (χ1v) is 8.86. The topological polar surface area (TPSA) is 71.5 Å². The normalized spacial score (nSPS) is 10.4. The molecule has 134 valence electrons. The minimum atomic E-state index is -0.245. The Morgan fingerprint density at radius 3 is 2.64 bits per heavy atom. The zero-order valence-electron chi connectivity index (χ0n) is 15.2. The van der Waals surface area contributed by atoms with Gasteiger partial charge in [0.1, 0.15) is 10.6 Å². The minimum absolute atomic E-state index is 0.141. The molecule has 25 heavy (non-hydrogen) atoms. The molecule has 1 heterocycles. The summed E-state index contributed by atoms with van der Waals surface area (Å²) < 4.78 is 5.30. The molecule has 0 aliphatic rings. The van der Waals surface area contributed by atoms with Crippen molar-refractivity contribution in [3.63, 3.8) is 0 Å². The van der Waals surface area contributed by atoms with E-state index in [9.17, 15) is 9.59 Å². The van der Waals surface area contributed by atoms with Gasteiger partial charge in [0.25, 0.3) is 11.8 Å². The third-order valence-corrected chi connectivity index (χ3v) is 4.83. The number of carbonyl (C=O) groups excluding carboxylic acids is 2. The lowest BCUT2D eigenvalue weighted by Gasteiger charge is -2.14. The Morgan fingerprint density at radius 1 is 1.32 bits per heavy atom. The Kier molecular flexibility index (Phi) is 6.14. The van der Waals surface area contributed by atoms with Crippen LogP contribution in [0.3, 0.4) is 0 Å². The summed E-state index contributed by atoms with van der Waals surface area (Å²) in [5, 5.41) is 3.80. The molecule has 0 spiro atoms. The van der Waals surface area contributed by atoms with Gasteiger partial charge < -0.3 is 15.0 Å². The van der Waals surface area contributed by atoms with Crippen LogP contribution < -0.4 is 10.1 Å². The maximum absolute atomic E-state index is 12.6. The molecule has 2 amide bonds. The summed E-state index contributed by atoms with van der Waals surface area (Å²) >= 11 is 1.40. The second-order valence-corrected chi connectivity index (χ2v) is 6.92. The van der Waals surface area contributed by atoms with E-state index in [1.54, 1.807) is 32.3 Å². The van der Waals surface area contributed by atoms with E-state index >= 15 is 0 Å². The quantitative estimate of drug-likeness (QED) is 0.856. The SMILES string of the molecule is CCCc1nc(C)c(C(=O)Nc2cc(C(=O)N(C)C)ccc2OC)s1. The van der Waals surface area contributed by atoms with Gasteiger partial charge in [-0.25, -0.2) is 4.98 Å². The van der Waals surface area contributed by atoms with Gasteiger partial charge in [0.15, 0.2) is 0 Å². The van der Waals surface area contributed by atoms with Crippen LogP contribution in [0.1, 0.15) is 44.1 Å². The van der Waals surface area contributed by atoms with Gasteiger partial charge in [-0.15, -0.1) is 11.3 Å². The summed E-state index contributed by atoms with van der Waals surface area (Å²) in [6.45, 7) is 3.91. The van der Waals surface area contributed by atoms with Crippen LogP contribution in [0.4, 0.5) is 5.69 Å². The number of ether oxygens (including phenoxy) is 1. The number of aryl methyl sites for hydroxylation is 2. The van der Waals surface area contributed by atoms with Gasteiger partial charge in [0.2, 0.25) is 0 Å². The number of nitrogens with zero attached hydrogens (tertiary/aromatic N) is 2. The van der Waals surface area contributed by atoms with Crippen LogP contribution in [0, 0.1) is 6.92 Å². The molecule has 2 rings (SSSR count). The molecule has 0 saturated heterocycles. The first-order valence-electron chi connectivity index (χ1n) is 8.04. The lowest BCUT2D eigenvalue weighted by atomic mass is 10.1. The summed E-state index contributed by atoms with van der Waals surface area (Å²) in [4.78, 5) is 31.3. The van der Waals surface area contributed by atoms with E-state index in [1.807, 2.05) is 6.92 Å². The molecule has 0 radical (unpaired) electrons. The van der Waals surface area contributed by atoms with Gasteiger partial charge >= 0.3 is 0 Å². The van der Waals surface area contributed by atoms with Gasteiger partial charge in [-0.1, -0.05) is 6.92 Å². The molecule has 1 aromatic carbocycles. The van der Waals surface area contributed by atoms with Crippen molar-refractivity contribution in [1.29, 1.82) is 0 Å². The summed E-state index contributed by atoms with van der Waals surface area (Å²) in [6, 6.07) is 4.98. The number of aromatic nitrogens is 1.